The third-order valence-corrected chi connectivity index (χ3v) is 0.378. The molecule has 1 amide bonds. The van der Waals surface area contributed by atoms with E-state index in [1.807, 2.05) is 0 Å². The van der Waals surface area contributed by atoms with Crippen molar-refractivity contribution >= 4 is 5.91 Å². The lowest BCUT2D eigenvalue weighted by Gasteiger charge is -1.85. The molecular formula is C2H6N4O. The lowest BCUT2D eigenvalue weighted by Crippen LogP contribution is -2.27. The largest absolute Gasteiger partial charge is 0.279 e. The van der Waals surface area contributed by atoms with E-state index in [2.05, 4.69) is 10.5 Å². The molecule has 4 N–H and O–H groups in total. The molecule has 0 heterocycles. The third-order valence-electron chi connectivity index (χ3n) is 0.378. The van der Waals surface area contributed by atoms with Crippen LogP contribution >= 0.6 is 0 Å². The van der Waals surface area contributed by atoms with Gasteiger partial charge < -0.3 is 0 Å². The number of hydrogen-bond donors (Lipinski definition) is 3. The molecule has 0 aliphatic rings. The number of carbonyl (C=O) groups is 1. The van der Waals surface area contributed by atoms with Gasteiger partial charge in [-0.1, -0.05) is 0 Å². The zero-order chi connectivity index (χ0) is 5.70. The highest BCUT2D eigenvalue weighted by Crippen LogP contribution is 1.64. The maximum atomic E-state index is 9.92. The minimum absolute atomic E-state index is 0.0660. The summed E-state index contributed by atoms with van der Waals surface area (Å²) in [4.78, 5) is 9.92. The smallest absolute Gasteiger partial charge is 0.271 e. The highest BCUT2D eigenvalue weighted by Gasteiger charge is 1.90. The predicted molar refractivity (Wildman–Crippen MR) is 22.3 cm³/mol. The van der Waals surface area contributed by atoms with Crippen molar-refractivity contribution in [2.24, 2.45) is 11.0 Å². The summed E-state index contributed by atoms with van der Waals surface area (Å²) in [5, 5.41) is 2.55. The van der Waals surface area contributed by atoms with Crippen LogP contribution in [0.5, 0.6) is 0 Å². The fraction of sp³-hybridized carbons (Fsp3) is 0.500. The molecule has 0 fully saturated rings. The lowest BCUT2D eigenvalue weighted by molar-refractivity contribution is -0.117. The van der Waals surface area contributed by atoms with Crippen LogP contribution in [-0.4, -0.2) is 12.5 Å². The van der Waals surface area contributed by atoms with Gasteiger partial charge in [-0.15, -0.1) is 5.11 Å². The van der Waals surface area contributed by atoms with Gasteiger partial charge in [-0.05, 0) is 0 Å². The molecule has 5 heteroatoms. The Kier molecular flexibility index (Phi) is 2.99. The number of hydrogen-bond acceptors (Lipinski definition) is 4. The summed E-state index contributed by atoms with van der Waals surface area (Å²) in [6.07, 6.45) is 0. The average Bonchev–Trinajstić information content (AvgIpc) is 1.68. The first kappa shape index (κ1) is 6.19. The van der Waals surface area contributed by atoms with Crippen molar-refractivity contribution in [3.05, 3.63) is 0 Å². The van der Waals surface area contributed by atoms with Crippen LogP contribution < -0.4 is 11.3 Å². The fourth-order valence-electron chi connectivity index (χ4n) is 0.127. The van der Waals surface area contributed by atoms with E-state index < -0.39 is 5.91 Å². The van der Waals surface area contributed by atoms with Crippen LogP contribution in [0.15, 0.2) is 5.11 Å². The van der Waals surface area contributed by atoms with Crippen molar-refractivity contribution in [3.63, 3.8) is 0 Å². The van der Waals surface area contributed by atoms with Crippen molar-refractivity contribution in [1.82, 2.24) is 5.43 Å². The standard InChI is InChI=1S/C2H6N4O/c3-5-1-2(7)6-4/h4-5H,1,3H2. The Morgan fingerprint density at radius 3 is 2.71 bits per heavy atom. The molecule has 7 heavy (non-hydrogen) atoms. The molecule has 0 rings (SSSR count). The Balaban J connectivity index is 3.17. The van der Waals surface area contributed by atoms with Crippen LogP contribution in [-0.2, 0) is 4.79 Å². The van der Waals surface area contributed by atoms with Crippen LogP contribution in [0.3, 0.4) is 0 Å². The van der Waals surface area contributed by atoms with Crippen molar-refractivity contribution in [3.8, 4) is 0 Å². The Labute approximate surface area is 40.4 Å². The van der Waals surface area contributed by atoms with Crippen LogP contribution in [0, 0.1) is 5.53 Å². The van der Waals surface area contributed by atoms with E-state index in [1.165, 1.54) is 0 Å². The molecule has 40 valence electrons. The van der Waals surface area contributed by atoms with Crippen molar-refractivity contribution in [1.29, 1.82) is 5.53 Å². The maximum Gasteiger partial charge on any atom is 0.279 e. The van der Waals surface area contributed by atoms with E-state index in [-0.39, 0.29) is 6.54 Å². The van der Waals surface area contributed by atoms with E-state index in [4.69, 9.17) is 11.4 Å². The maximum absolute atomic E-state index is 9.92. The van der Waals surface area contributed by atoms with E-state index >= 15 is 0 Å². The Bertz CT molecular complexity index is 79.8. The van der Waals surface area contributed by atoms with Gasteiger partial charge in [-0.2, -0.15) is 0 Å². The van der Waals surface area contributed by atoms with Gasteiger partial charge in [0.15, 0.2) is 0 Å². The van der Waals surface area contributed by atoms with E-state index in [0.717, 1.165) is 0 Å². The quantitative estimate of drug-likeness (QED) is 0.237. The minimum Gasteiger partial charge on any atom is -0.271 e. The Morgan fingerprint density at radius 2 is 2.57 bits per heavy atom. The van der Waals surface area contributed by atoms with Crippen LogP contribution in [0.1, 0.15) is 0 Å². The Hall–Kier alpha value is -0.810. The molecule has 5 nitrogen and oxygen atoms in total. The van der Waals surface area contributed by atoms with Gasteiger partial charge in [0.25, 0.3) is 5.91 Å². The third kappa shape index (κ3) is 3.01. The fourth-order valence-corrected chi connectivity index (χ4v) is 0.127. The molecule has 0 aromatic heterocycles. The zero-order valence-electron chi connectivity index (χ0n) is 3.64. The van der Waals surface area contributed by atoms with E-state index in [0.29, 0.717) is 0 Å². The molecule has 0 aliphatic carbocycles. The van der Waals surface area contributed by atoms with E-state index in [9.17, 15) is 4.79 Å². The first-order chi connectivity index (χ1) is 3.31. The molecule has 0 aromatic rings. The molecule has 0 unspecified atom stereocenters. The number of rotatable bonds is 2. The molecular weight excluding hydrogens is 96.0 g/mol. The minimum atomic E-state index is -0.567. The van der Waals surface area contributed by atoms with Gasteiger partial charge in [0, 0.05) is 0 Å². The highest BCUT2D eigenvalue weighted by atomic mass is 16.1. The normalized spacial score (nSPS) is 8.14. The topological polar surface area (TPSA) is 91.3 Å². The summed E-state index contributed by atoms with van der Waals surface area (Å²) in [5.74, 6) is 4.12. The summed E-state index contributed by atoms with van der Waals surface area (Å²) in [6.45, 7) is -0.0660. The summed E-state index contributed by atoms with van der Waals surface area (Å²) in [6, 6.07) is 0. The molecule has 0 atom stereocenters. The van der Waals surface area contributed by atoms with Gasteiger partial charge >= 0.3 is 0 Å². The number of amides is 1. The first-order valence-corrected chi connectivity index (χ1v) is 1.65. The first-order valence-electron chi connectivity index (χ1n) is 1.65. The highest BCUT2D eigenvalue weighted by molar-refractivity contribution is 5.77. The molecule has 0 bridgehead atoms. The molecule has 0 saturated heterocycles. The van der Waals surface area contributed by atoms with Crippen molar-refractivity contribution < 1.29 is 4.79 Å². The van der Waals surface area contributed by atoms with Gasteiger partial charge in [0.1, 0.15) is 0 Å². The van der Waals surface area contributed by atoms with Gasteiger partial charge in [0.2, 0.25) is 0 Å². The number of nitrogens with two attached hydrogens (primary N) is 1. The molecule has 0 saturated carbocycles. The molecule has 0 radical (unpaired) electrons. The number of nitrogens with zero attached hydrogens (tertiary/aromatic N) is 1. The van der Waals surface area contributed by atoms with Crippen molar-refractivity contribution in [2.45, 2.75) is 0 Å². The van der Waals surface area contributed by atoms with Crippen molar-refractivity contribution in [2.75, 3.05) is 6.54 Å². The second kappa shape index (κ2) is 3.38. The summed E-state index contributed by atoms with van der Waals surface area (Å²) >= 11 is 0. The van der Waals surface area contributed by atoms with Crippen LogP contribution in [0.25, 0.3) is 0 Å². The summed E-state index contributed by atoms with van der Waals surface area (Å²) in [7, 11) is 0. The molecule has 0 spiro atoms. The molecule has 0 aromatic carbocycles. The number of hydrazine groups is 1. The number of nitrogens with one attached hydrogen (secondary N) is 2. The van der Waals surface area contributed by atoms with Gasteiger partial charge in [-0.25, -0.2) is 5.53 Å². The average molecular weight is 102 g/mol. The SMILES string of the molecule is N=NC(=O)CNN. The van der Waals surface area contributed by atoms with Gasteiger partial charge in [-0.3, -0.25) is 16.1 Å². The van der Waals surface area contributed by atoms with Crippen LogP contribution in [0.4, 0.5) is 0 Å². The van der Waals surface area contributed by atoms with Gasteiger partial charge in [0.05, 0.1) is 6.54 Å². The number of carbonyl (C=O) groups excluding carboxylic acids is 1. The molecule has 0 aliphatic heterocycles. The second-order valence-corrected chi connectivity index (χ2v) is 0.886. The zero-order valence-corrected chi connectivity index (χ0v) is 3.64. The second-order valence-electron chi connectivity index (χ2n) is 0.886. The van der Waals surface area contributed by atoms with Crippen LogP contribution in [0.2, 0.25) is 0 Å². The summed E-state index contributed by atoms with van der Waals surface area (Å²) < 4.78 is 0. The lowest BCUT2D eigenvalue weighted by atomic mass is 10.6. The monoisotopic (exact) mass is 102 g/mol. The Morgan fingerprint density at radius 1 is 2.00 bits per heavy atom. The van der Waals surface area contributed by atoms with E-state index in [1.54, 1.807) is 0 Å². The summed E-state index contributed by atoms with van der Waals surface area (Å²) in [5.41, 5.74) is 8.15. The predicted octanol–water partition coefficient (Wildman–Crippen LogP) is -0.993.